The van der Waals surface area contributed by atoms with Crippen molar-refractivity contribution in [3.05, 3.63) is 0 Å². The van der Waals surface area contributed by atoms with Crippen LogP contribution in [0.2, 0.25) is 0 Å². The van der Waals surface area contributed by atoms with Gasteiger partial charge < -0.3 is 21.3 Å². The standard InChI is InChI=1S/C9H16N2O4.ClH/c1-4-2-5(8(13)11-4)3-6(10)7(12)9(14)15;/h4-7,12H,2-3,10H2,1H3,(H,11,13)(H,14,15);1H/t4-,5+,6+,7?;/m1./s1. The lowest BCUT2D eigenvalue weighted by Gasteiger charge is -2.17. The van der Waals surface area contributed by atoms with Crippen LogP contribution in [0.5, 0.6) is 0 Å². The summed E-state index contributed by atoms with van der Waals surface area (Å²) in [6, 6.07) is -0.805. The van der Waals surface area contributed by atoms with Crippen LogP contribution in [0.1, 0.15) is 19.8 Å². The van der Waals surface area contributed by atoms with Gasteiger partial charge in [-0.3, -0.25) is 4.79 Å². The maximum absolute atomic E-state index is 11.3. The number of rotatable bonds is 4. The van der Waals surface area contributed by atoms with Gasteiger partial charge in [-0.2, -0.15) is 0 Å². The van der Waals surface area contributed by atoms with Gasteiger partial charge >= 0.3 is 5.97 Å². The highest BCUT2D eigenvalue weighted by Gasteiger charge is 2.33. The number of carbonyl (C=O) groups is 2. The van der Waals surface area contributed by atoms with Crippen molar-refractivity contribution in [3.8, 4) is 0 Å². The molecule has 0 aromatic heterocycles. The van der Waals surface area contributed by atoms with Gasteiger partial charge in [0.1, 0.15) is 0 Å². The topological polar surface area (TPSA) is 113 Å². The zero-order valence-electron chi connectivity index (χ0n) is 8.92. The van der Waals surface area contributed by atoms with E-state index < -0.39 is 18.1 Å². The van der Waals surface area contributed by atoms with Crippen molar-refractivity contribution in [1.82, 2.24) is 5.32 Å². The molecular weight excluding hydrogens is 236 g/mol. The molecule has 1 amide bonds. The van der Waals surface area contributed by atoms with E-state index in [1.165, 1.54) is 0 Å². The normalized spacial score (nSPS) is 27.8. The van der Waals surface area contributed by atoms with Crippen LogP contribution in [-0.4, -0.2) is 40.3 Å². The highest BCUT2D eigenvalue weighted by atomic mass is 35.5. The number of aliphatic hydroxyl groups excluding tert-OH is 1. The summed E-state index contributed by atoms with van der Waals surface area (Å²) in [6.45, 7) is 1.87. The number of nitrogens with one attached hydrogen (secondary N) is 1. The molecule has 1 unspecified atom stereocenters. The maximum Gasteiger partial charge on any atom is 0.334 e. The number of hydrogen-bond donors (Lipinski definition) is 4. The Morgan fingerprint density at radius 3 is 2.62 bits per heavy atom. The van der Waals surface area contributed by atoms with Crippen molar-refractivity contribution in [2.24, 2.45) is 11.7 Å². The van der Waals surface area contributed by atoms with Crippen molar-refractivity contribution in [2.45, 2.75) is 38.0 Å². The number of nitrogens with two attached hydrogens (primary N) is 1. The summed E-state index contributed by atoms with van der Waals surface area (Å²) in [6.07, 6.45) is -0.767. The molecule has 16 heavy (non-hydrogen) atoms. The SMILES string of the molecule is C[C@@H]1C[C@@H](C[C@H](N)C(O)C(=O)O)C(=O)N1.Cl. The van der Waals surface area contributed by atoms with Gasteiger partial charge in [-0.25, -0.2) is 4.79 Å². The summed E-state index contributed by atoms with van der Waals surface area (Å²) in [4.78, 5) is 21.7. The van der Waals surface area contributed by atoms with E-state index in [2.05, 4.69) is 5.32 Å². The first kappa shape index (κ1) is 15.2. The van der Waals surface area contributed by atoms with Gasteiger partial charge in [0.05, 0.1) is 0 Å². The number of hydrogen-bond acceptors (Lipinski definition) is 4. The van der Waals surface area contributed by atoms with Gasteiger partial charge in [0, 0.05) is 18.0 Å². The Bertz CT molecular complexity index is 274. The predicted molar refractivity (Wildman–Crippen MR) is 59.2 cm³/mol. The van der Waals surface area contributed by atoms with E-state index in [4.69, 9.17) is 15.9 Å². The fourth-order valence-corrected chi connectivity index (χ4v) is 1.80. The first-order chi connectivity index (χ1) is 6.91. The Balaban J connectivity index is 0.00000225. The molecule has 0 spiro atoms. The molecule has 5 N–H and O–H groups in total. The minimum Gasteiger partial charge on any atom is -0.479 e. The molecule has 1 aliphatic heterocycles. The van der Waals surface area contributed by atoms with E-state index in [1.807, 2.05) is 6.92 Å². The second-order valence-corrected chi connectivity index (χ2v) is 4.02. The summed E-state index contributed by atoms with van der Waals surface area (Å²) >= 11 is 0. The second-order valence-electron chi connectivity index (χ2n) is 4.02. The van der Waals surface area contributed by atoms with Gasteiger partial charge in [-0.05, 0) is 19.8 Å². The monoisotopic (exact) mass is 252 g/mol. The lowest BCUT2D eigenvalue weighted by atomic mass is 9.94. The highest BCUT2D eigenvalue weighted by molar-refractivity contribution is 5.85. The van der Waals surface area contributed by atoms with Gasteiger partial charge in [-0.1, -0.05) is 0 Å². The van der Waals surface area contributed by atoms with E-state index in [9.17, 15) is 9.59 Å². The van der Waals surface area contributed by atoms with Crippen molar-refractivity contribution in [2.75, 3.05) is 0 Å². The summed E-state index contributed by atoms with van der Waals surface area (Å²) in [5.41, 5.74) is 5.49. The maximum atomic E-state index is 11.3. The van der Waals surface area contributed by atoms with Crippen molar-refractivity contribution >= 4 is 24.3 Å². The first-order valence-electron chi connectivity index (χ1n) is 4.88. The number of carboxylic acid groups (broad SMARTS) is 1. The molecule has 0 saturated carbocycles. The Labute approximate surface area is 99.6 Å². The molecule has 1 aliphatic rings. The third-order valence-electron chi connectivity index (χ3n) is 2.61. The summed E-state index contributed by atoms with van der Waals surface area (Å²) < 4.78 is 0. The first-order valence-corrected chi connectivity index (χ1v) is 4.88. The average Bonchev–Trinajstić information content (AvgIpc) is 2.43. The molecule has 1 heterocycles. The molecule has 0 aromatic rings. The third-order valence-corrected chi connectivity index (χ3v) is 2.61. The molecule has 0 bridgehead atoms. The lowest BCUT2D eigenvalue weighted by Crippen LogP contribution is -2.42. The van der Waals surface area contributed by atoms with E-state index in [1.54, 1.807) is 0 Å². The summed E-state index contributed by atoms with van der Waals surface area (Å²) in [5.74, 6) is -1.76. The average molecular weight is 253 g/mol. The van der Waals surface area contributed by atoms with Crippen LogP contribution in [0, 0.1) is 5.92 Å². The zero-order valence-corrected chi connectivity index (χ0v) is 9.74. The number of aliphatic carboxylic acids is 1. The number of halogens is 1. The molecule has 0 aliphatic carbocycles. The Morgan fingerprint density at radius 1 is 1.69 bits per heavy atom. The summed E-state index contributed by atoms with van der Waals surface area (Å²) in [5, 5.41) is 20.4. The molecule has 4 atom stereocenters. The predicted octanol–water partition coefficient (Wildman–Crippen LogP) is -0.904. The molecule has 0 radical (unpaired) electrons. The highest BCUT2D eigenvalue weighted by Crippen LogP contribution is 2.20. The summed E-state index contributed by atoms with van der Waals surface area (Å²) in [7, 11) is 0. The smallest absolute Gasteiger partial charge is 0.334 e. The molecule has 1 saturated heterocycles. The molecule has 7 heteroatoms. The van der Waals surface area contributed by atoms with Crippen molar-refractivity contribution in [3.63, 3.8) is 0 Å². The van der Waals surface area contributed by atoms with Crippen LogP contribution in [0.4, 0.5) is 0 Å². The van der Waals surface area contributed by atoms with Gasteiger partial charge in [0.15, 0.2) is 6.10 Å². The molecule has 94 valence electrons. The number of carbonyl (C=O) groups excluding carboxylic acids is 1. The van der Waals surface area contributed by atoms with E-state index in [0.717, 1.165) is 0 Å². The number of carboxylic acids is 1. The zero-order chi connectivity index (χ0) is 11.6. The Kier molecular flexibility index (Phi) is 5.71. The van der Waals surface area contributed by atoms with E-state index in [-0.39, 0.29) is 36.7 Å². The van der Waals surface area contributed by atoms with Gasteiger partial charge in [-0.15, -0.1) is 12.4 Å². The minimum atomic E-state index is -1.60. The van der Waals surface area contributed by atoms with Crippen LogP contribution in [0.25, 0.3) is 0 Å². The number of aliphatic hydroxyl groups is 1. The fraction of sp³-hybridized carbons (Fsp3) is 0.778. The molecule has 0 aromatic carbocycles. The van der Waals surface area contributed by atoms with Crippen molar-refractivity contribution < 1.29 is 19.8 Å². The quantitative estimate of drug-likeness (QED) is 0.518. The molecular formula is C9H17ClN2O4. The Hall–Kier alpha value is -0.850. The molecule has 6 nitrogen and oxygen atoms in total. The van der Waals surface area contributed by atoms with Gasteiger partial charge in [0.25, 0.3) is 0 Å². The van der Waals surface area contributed by atoms with Crippen LogP contribution < -0.4 is 11.1 Å². The minimum absolute atomic E-state index is 0. The van der Waals surface area contributed by atoms with Gasteiger partial charge in [0.2, 0.25) is 5.91 Å². The van der Waals surface area contributed by atoms with E-state index >= 15 is 0 Å². The number of amides is 1. The van der Waals surface area contributed by atoms with Crippen LogP contribution >= 0.6 is 12.4 Å². The van der Waals surface area contributed by atoms with E-state index in [0.29, 0.717) is 6.42 Å². The Morgan fingerprint density at radius 2 is 2.25 bits per heavy atom. The fourth-order valence-electron chi connectivity index (χ4n) is 1.80. The van der Waals surface area contributed by atoms with Crippen molar-refractivity contribution in [1.29, 1.82) is 0 Å². The van der Waals surface area contributed by atoms with Crippen LogP contribution in [0.15, 0.2) is 0 Å². The largest absolute Gasteiger partial charge is 0.479 e. The second kappa shape index (κ2) is 6.03. The molecule has 1 rings (SSSR count). The lowest BCUT2D eigenvalue weighted by molar-refractivity contribution is -0.148. The molecule has 1 fully saturated rings. The van der Waals surface area contributed by atoms with Crippen LogP contribution in [-0.2, 0) is 9.59 Å². The third kappa shape index (κ3) is 3.62. The van der Waals surface area contributed by atoms with Crippen LogP contribution in [0.3, 0.4) is 0 Å².